The molecule has 2 N–H and O–H groups in total. The van der Waals surface area contributed by atoms with Gasteiger partial charge in [-0.2, -0.15) is 0 Å². The molecule has 0 bridgehead atoms. The Morgan fingerprint density at radius 2 is 2.00 bits per heavy atom. The number of nitrogens with one attached hydrogen (secondary N) is 2. The number of benzene rings is 1. The van der Waals surface area contributed by atoms with Gasteiger partial charge >= 0.3 is 0 Å². The van der Waals surface area contributed by atoms with Crippen molar-refractivity contribution in [2.45, 2.75) is 32.1 Å². The average Bonchev–Trinajstić information content (AvgIpc) is 2.97. The van der Waals surface area contributed by atoms with Gasteiger partial charge in [-0.1, -0.05) is 6.07 Å². The number of guanidine groups is 1. The van der Waals surface area contributed by atoms with Gasteiger partial charge in [-0.05, 0) is 38.5 Å². The van der Waals surface area contributed by atoms with Crippen LogP contribution in [0.15, 0.2) is 23.2 Å². The standard InChI is InChI=1S/C16H25N3O3S/c1-16(2,3)23(20)8-7-18-15(17-4)19-10-12-5-6-13-14(9-12)22-11-21-13/h5-6,9H,7-8,10-11H2,1-4H3,(H2,17,18,19). The van der Waals surface area contributed by atoms with Crippen LogP contribution in [0.25, 0.3) is 0 Å². The highest BCUT2D eigenvalue weighted by atomic mass is 32.2. The molecule has 1 aliphatic heterocycles. The van der Waals surface area contributed by atoms with Gasteiger partial charge in [0, 0.05) is 41.4 Å². The molecule has 1 aromatic rings. The summed E-state index contributed by atoms with van der Waals surface area (Å²) in [5.74, 6) is 2.83. The highest BCUT2D eigenvalue weighted by Crippen LogP contribution is 2.32. The summed E-state index contributed by atoms with van der Waals surface area (Å²) in [4.78, 5) is 4.17. The molecule has 128 valence electrons. The van der Waals surface area contributed by atoms with Crippen LogP contribution >= 0.6 is 0 Å². The van der Waals surface area contributed by atoms with Gasteiger partial charge in [-0.15, -0.1) is 0 Å². The molecule has 1 aromatic carbocycles. The highest BCUT2D eigenvalue weighted by Gasteiger charge is 2.18. The molecule has 0 saturated carbocycles. The molecule has 0 aromatic heterocycles. The van der Waals surface area contributed by atoms with E-state index in [2.05, 4.69) is 15.6 Å². The summed E-state index contributed by atoms with van der Waals surface area (Å²) in [6.07, 6.45) is 0. The molecule has 7 heteroatoms. The number of ether oxygens (including phenoxy) is 2. The minimum absolute atomic E-state index is 0.189. The fourth-order valence-electron chi connectivity index (χ4n) is 2.03. The molecule has 1 unspecified atom stereocenters. The summed E-state index contributed by atoms with van der Waals surface area (Å²) in [5, 5.41) is 6.42. The normalized spacial score (nSPS) is 15.4. The van der Waals surface area contributed by atoms with Gasteiger partial charge in [-0.25, -0.2) is 0 Å². The van der Waals surface area contributed by atoms with Crippen LogP contribution < -0.4 is 20.1 Å². The Labute approximate surface area is 140 Å². The van der Waals surface area contributed by atoms with Crippen molar-refractivity contribution in [1.29, 1.82) is 0 Å². The molecule has 0 spiro atoms. The Hall–Kier alpha value is -1.76. The molecule has 0 saturated heterocycles. The van der Waals surface area contributed by atoms with Crippen molar-refractivity contribution in [2.75, 3.05) is 26.1 Å². The SMILES string of the molecule is CN=C(NCCS(=O)C(C)(C)C)NCc1ccc2c(c1)OCO2. The van der Waals surface area contributed by atoms with Gasteiger partial charge in [0.1, 0.15) is 0 Å². The van der Waals surface area contributed by atoms with Crippen LogP contribution in [0.1, 0.15) is 26.3 Å². The maximum absolute atomic E-state index is 12.0. The summed E-state index contributed by atoms with van der Waals surface area (Å²) in [6, 6.07) is 5.85. The van der Waals surface area contributed by atoms with Gasteiger partial charge in [0.05, 0.1) is 0 Å². The van der Waals surface area contributed by atoms with Crippen molar-refractivity contribution in [3.8, 4) is 11.5 Å². The lowest BCUT2D eigenvalue weighted by molar-refractivity contribution is 0.174. The van der Waals surface area contributed by atoms with E-state index in [9.17, 15) is 4.21 Å². The predicted octanol–water partition coefficient (Wildman–Crippen LogP) is 1.63. The molecule has 2 rings (SSSR count). The maximum atomic E-state index is 12.0. The van der Waals surface area contributed by atoms with E-state index < -0.39 is 10.8 Å². The van der Waals surface area contributed by atoms with Crippen molar-refractivity contribution in [1.82, 2.24) is 10.6 Å². The summed E-state index contributed by atoms with van der Waals surface area (Å²) < 4.78 is 22.5. The maximum Gasteiger partial charge on any atom is 0.231 e. The van der Waals surface area contributed by atoms with E-state index in [1.807, 2.05) is 39.0 Å². The molecule has 1 aliphatic rings. The van der Waals surface area contributed by atoms with E-state index in [1.54, 1.807) is 7.05 Å². The van der Waals surface area contributed by atoms with E-state index in [4.69, 9.17) is 9.47 Å². The third-order valence-electron chi connectivity index (χ3n) is 3.38. The van der Waals surface area contributed by atoms with E-state index in [0.717, 1.165) is 17.1 Å². The third-order valence-corrected chi connectivity index (χ3v) is 5.32. The van der Waals surface area contributed by atoms with Crippen LogP contribution in [0.4, 0.5) is 0 Å². The number of fused-ring (bicyclic) bond motifs is 1. The molecular formula is C16H25N3O3S. The fraction of sp³-hybridized carbons (Fsp3) is 0.562. The first kappa shape index (κ1) is 17.6. The van der Waals surface area contributed by atoms with Gasteiger partial charge < -0.3 is 20.1 Å². The molecule has 1 atom stereocenters. The first-order chi connectivity index (χ1) is 10.9. The van der Waals surface area contributed by atoms with E-state index in [-0.39, 0.29) is 11.5 Å². The molecule has 0 radical (unpaired) electrons. The lowest BCUT2D eigenvalue weighted by atomic mass is 10.2. The zero-order valence-electron chi connectivity index (χ0n) is 14.1. The van der Waals surface area contributed by atoms with Crippen LogP contribution in [-0.2, 0) is 17.3 Å². The van der Waals surface area contributed by atoms with Crippen molar-refractivity contribution in [3.63, 3.8) is 0 Å². The molecule has 0 amide bonds. The van der Waals surface area contributed by atoms with Gasteiger partial charge in [-0.3, -0.25) is 9.20 Å². The number of hydrogen-bond acceptors (Lipinski definition) is 4. The summed E-state index contributed by atoms with van der Waals surface area (Å²) >= 11 is 0. The van der Waals surface area contributed by atoms with E-state index >= 15 is 0 Å². The first-order valence-corrected chi connectivity index (χ1v) is 8.93. The second-order valence-corrected chi connectivity index (χ2v) is 8.53. The number of nitrogens with zero attached hydrogens (tertiary/aromatic N) is 1. The Morgan fingerprint density at radius 1 is 1.26 bits per heavy atom. The van der Waals surface area contributed by atoms with Crippen molar-refractivity contribution in [2.24, 2.45) is 4.99 Å². The van der Waals surface area contributed by atoms with Crippen LogP contribution in [0, 0.1) is 0 Å². The molecule has 23 heavy (non-hydrogen) atoms. The van der Waals surface area contributed by atoms with E-state index in [1.165, 1.54) is 0 Å². The van der Waals surface area contributed by atoms with Crippen molar-refractivity contribution in [3.05, 3.63) is 23.8 Å². The smallest absolute Gasteiger partial charge is 0.231 e. The minimum atomic E-state index is -0.871. The Kier molecular flexibility index (Phi) is 5.87. The third kappa shape index (κ3) is 5.13. The van der Waals surface area contributed by atoms with Crippen LogP contribution in [0.3, 0.4) is 0 Å². The zero-order chi connectivity index (χ0) is 16.9. The van der Waals surface area contributed by atoms with Crippen LogP contribution in [0.5, 0.6) is 11.5 Å². The topological polar surface area (TPSA) is 72.0 Å². The molecule has 6 nitrogen and oxygen atoms in total. The lowest BCUT2D eigenvalue weighted by Crippen LogP contribution is -2.40. The van der Waals surface area contributed by atoms with Gasteiger partial charge in [0.15, 0.2) is 17.5 Å². The first-order valence-electron chi connectivity index (χ1n) is 7.61. The predicted molar refractivity (Wildman–Crippen MR) is 93.5 cm³/mol. The Balaban J connectivity index is 1.78. The van der Waals surface area contributed by atoms with Crippen molar-refractivity contribution >= 4 is 16.8 Å². The largest absolute Gasteiger partial charge is 0.454 e. The molecule has 1 heterocycles. The summed E-state index contributed by atoms with van der Waals surface area (Å²) in [7, 11) is 0.847. The van der Waals surface area contributed by atoms with Crippen molar-refractivity contribution < 1.29 is 13.7 Å². The molecule has 0 aliphatic carbocycles. The number of aliphatic imine (C=N–C) groups is 1. The van der Waals surface area contributed by atoms with Crippen LogP contribution in [0.2, 0.25) is 0 Å². The number of rotatable bonds is 5. The minimum Gasteiger partial charge on any atom is -0.454 e. The van der Waals surface area contributed by atoms with Gasteiger partial charge in [0.25, 0.3) is 0 Å². The Morgan fingerprint density at radius 3 is 2.70 bits per heavy atom. The zero-order valence-corrected chi connectivity index (χ0v) is 15.0. The Bertz CT molecular complexity index is 597. The van der Waals surface area contributed by atoms with E-state index in [0.29, 0.717) is 24.8 Å². The quantitative estimate of drug-likeness (QED) is 0.630. The second-order valence-electron chi connectivity index (χ2n) is 6.20. The monoisotopic (exact) mass is 339 g/mol. The molecular weight excluding hydrogens is 314 g/mol. The highest BCUT2D eigenvalue weighted by molar-refractivity contribution is 7.86. The van der Waals surface area contributed by atoms with Crippen LogP contribution in [-0.4, -0.2) is 41.1 Å². The van der Waals surface area contributed by atoms with Gasteiger partial charge in [0.2, 0.25) is 6.79 Å². The summed E-state index contributed by atoms with van der Waals surface area (Å²) in [6.45, 7) is 7.46. The average molecular weight is 339 g/mol. The number of hydrogen-bond donors (Lipinski definition) is 2. The second kappa shape index (κ2) is 7.68. The fourth-order valence-corrected chi connectivity index (χ4v) is 2.93. The molecule has 0 fully saturated rings. The summed E-state index contributed by atoms with van der Waals surface area (Å²) in [5.41, 5.74) is 1.08. The lowest BCUT2D eigenvalue weighted by Gasteiger charge is -2.18.